The number of hydrogen-bond donors (Lipinski definition) is 3. The van der Waals surface area contributed by atoms with Gasteiger partial charge in [0.15, 0.2) is 11.3 Å². The number of ether oxygens (including phenoxy) is 3. The minimum atomic E-state index is -4.10. The summed E-state index contributed by atoms with van der Waals surface area (Å²) in [6.07, 6.45) is -2.75. The number of carbonyl (C=O) groups excluding carboxylic acids is 2. The van der Waals surface area contributed by atoms with E-state index in [1.165, 1.54) is 19.2 Å². The molecule has 6 atom stereocenters. The molecule has 3 heterocycles. The molecule has 16 heteroatoms. The van der Waals surface area contributed by atoms with E-state index in [2.05, 4.69) is 10.1 Å². The highest BCUT2D eigenvalue weighted by Crippen LogP contribution is 2.70. The zero-order chi connectivity index (χ0) is 29.6. The molecule has 1 aromatic heterocycles. The van der Waals surface area contributed by atoms with E-state index >= 15 is 0 Å². The average Bonchev–Trinajstić information content (AvgIpc) is 3.28. The molecule has 14 nitrogen and oxygen atoms in total. The van der Waals surface area contributed by atoms with E-state index in [0.717, 1.165) is 21.9 Å². The van der Waals surface area contributed by atoms with E-state index in [1.54, 1.807) is 13.8 Å². The predicted molar refractivity (Wildman–Crippen MR) is 146 cm³/mol. The van der Waals surface area contributed by atoms with Crippen LogP contribution in [0.1, 0.15) is 32.6 Å². The number of thioether (sulfide) groups is 1. The predicted octanol–water partition coefficient (Wildman–Crippen LogP) is 1.98. The maximum Gasteiger partial charge on any atom is 0.510 e. The van der Waals surface area contributed by atoms with Crippen LogP contribution in [-0.2, 0) is 39.2 Å². The number of aliphatic hydroxyl groups is 1. The summed E-state index contributed by atoms with van der Waals surface area (Å²) in [4.78, 5) is 40.9. The molecule has 1 spiro atoms. The lowest BCUT2D eigenvalue weighted by Crippen LogP contribution is -2.49. The number of benzene rings is 1. The van der Waals surface area contributed by atoms with Crippen LogP contribution in [0.15, 0.2) is 47.4 Å². The molecule has 2 saturated heterocycles. The molecular formula is C25H31N4O10PS. The number of nitrogen functional groups attached to an aromatic ring is 1. The van der Waals surface area contributed by atoms with Crippen molar-refractivity contribution >= 4 is 36.6 Å². The lowest BCUT2D eigenvalue weighted by Gasteiger charge is -2.32. The molecule has 5 rings (SSSR count). The van der Waals surface area contributed by atoms with Gasteiger partial charge < -0.3 is 25.1 Å². The maximum absolute atomic E-state index is 14.0. The van der Waals surface area contributed by atoms with Gasteiger partial charge in [0.05, 0.1) is 18.6 Å². The number of aromatic nitrogens is 2. The third-order valence-corrected chi connectivity index (χ3v) is 10.0. The van der Waals surface area contributed by atoms with Crippen LogP contribution in [0.2, 0.25) is 0 Å². The van der Waals surface area contributed by atoms with Crippen LogP contribution in [0, 0.1) is 5.41 Å². The first-order valence-electron chi connectivity index (χ1n) is 12.8. The average molecular weight is 611 g/mol. The molecule has 0 amide bonds. The third-order valence-electron chi connectivity index (χ3n) is 7.28. The van der Waals surface area contributed by atoms with E-state index in [9.17, 15) is 24.1 Å². The highest BCUT2D eigenvalue weighted by Gasteiger charge is 2.92. The Morgan fingerprint density at radius 2 is 2.00 bits per heavy atom. The minimum Gasteiger partial charge on any atom is -0.419 e. The second-order valence-electron chi connectivity index (χ2n) is 10.7. The first kappa shape index (κ1) is 29.7. The fourth-order valence-corrected chi connectivity index (χ4v) is 7.28. The highest BCUT2D eigenvalue weighted by atomic mass is 32.2. The number of nitrogens with one attached hydrogen (secondary N) is 1. The van der Waals surface area contributed by atoms with Crippen LogP contribution in [0.4, 0.5) is 10.6 Å². The first-order valence-corrected chi connectivity index (χ1v) is 15.3. The van der Waals surface area contributed by atoms with E-state index in [4.69, 9.17) is 29.0 Å². The number of nitrogens with zero attached hydrogens (tertiary/aromatic N) is 2. The lowest BCUT2D eigenvalue weighted by atomic mass is 9.95. The number of anilines is 1. The van der Waals surface area contributed by atoms with Crippen LogP contribution < -0.4 is 16.5 Å². The zero-order valence-corrected chi connectivity index (χ0v) is 24.3. The van der Waals surface area contributed by atoms with E-state index in [0.29, 0.717) is 0 Å². The Balaban J connectivity index is 1.33. The lowest BCUT2D eigenvalue weighted by molar-refractivity contribution is -0.119. The van der Waals surface area contributed by atoms with Crippen LogP contribution in [0.25, 0.3) is 0 Å². The van der Waals surface area contributed by atoms with Crippen LogP contribution in [-0.4, -0.2) is 68.3 Å². The molecule has 41 heavy (non-hydrogen) atoms. The largest absolute Gasteiger partial charge is 0.510 e. The standard InChI is InChI=1S/C25H31N4O10PS/c1-23(2,14-30)20(31)41-12-11-35-40(34,27-13-15-7-5-4-6-8-15)39-18-17-25(18)24(3,37-22(33)38-25)19(36-17)29-10-9-16(26)28-21(29)32/h4-10,17-19,30H,11-14H2,1-3H3,(H,27,34)(H2,26,28,32)/t17-,18+,19-,24+,25+,40?/m1/s1. The quantitative estimate of drug-likeness (QED) is 0.180. The normalized spacial score (nSPS) is 29.7. The minimum absolute atomic E-state index is 0.0116. The molecule has 4 N–H and O–H groups in total. The van der Waals surface area contributed by atoms with E-state index < -0.39 is 54.6 Å². The monoisotopic (exact) mass is 610 g/mol. The van der Waals surface area contributed by atoms with Gasteiger partial charge in [0, 0.05) is 18.5 Å². The molecule has 1 aromatic carbocycles. The van der Waals surface area contributed by atoms with Crippen molar-refractivity contribution in [2.45, 2.75) is 57.0 Å². The van der Waals surface area contributed by atoms with Crippen molar-refractivity contribution < 1.29 is 42.5 Å². The summed E-state index contributed by atoms with van der Waals surface area (Å²) in [7, 11) is -4.10. The Morgan fingerprint density at radius 3 is 2.68 bits per heavy atom. The number of hydrogen-bond acceptors (Lipinski definition) is 13. The van der Waals surface area contributed by atoms with Crippen molar-refractivity contribution in [1.29, 1.82) is 0 Å². The Morgan fingerprint density at radius 1 is 1.27 bits per heavy atom. The van der Waals surface area contributed by atoms with Crippen molar-refractivity contribution in [3.8, 4) is 0 Å². The molecule has 222 valence electrons. The van der Waals surface area contributed by atoms with Crippen molar-refractivity contribution in [3.05, 3.63) is 58.6 Å². The van der Waals surface area contributed by atoms with Crippen LogP contribution >= 0.6 is 19.5 Å². The summed E-state index contributed by atoms with van der Waals surface area (Å²) in [6, 6.07) is 10.5. The van der Waals surface area contributed by atoms with Crippen LogP contribution in [0.3, 0.4) is 0 Å². The Kier molecular flexibility index (Phi) is 7.83. The Hall–Kier alpha value is -2.78. The SMILES string of the molecule is CC(C)(CO)C(=O)SCCOP(=O)(NCc1ccccc1)O[C@H]1[C@H]2O[C@@H](n3ccc(N)nc3=O)[C@]3(C)OC(=O)O[C@@]213. The van der Waals surface area contributed by atoms with Crippen molar-refractivity contribution in [3.63, 3.8) is 0 Å². The summed E-state index contributed by atoms with van der Waals surface area (Å²) >= 11 is 0.939. The molecule has 0 bridgehead atoms. The molecule has 0 radical (unpaired) electrons. The van der Waals surface area contributed by atoms with Gasteiger partial charge in [0.2, 0.25) is 11.2 Å². The molecule has 1 saturated carbocycles. The summed E-state index contributed by atoms with van der Waals surface area (Å²) in [6.45, 7) is 4.44. The fourth-order valence-electron chi connectivity index (χ4n) is 4.85. The van der Waals surface area contributed by atoms with Crippen molar-refractivity contribution in [2.75, 3.05) is 24.7 Å². The molecule has 1 unspecified atom stereocenters. The van der Waals surface area contributed by atoms with Gasteiger partial charge in [-0.05, 0) is 32.4 Å². The summed E-state index contributed by atoms with van der Waals surface area (Å²) in [5.41, 5.74) is 1.69. The first-order chi connectivity index (χ1) is 19.3. The number of rotatable bonds is 12. The topological polar surface area (TPSA) is 191 Å². The summed E-state index contributed by atoms with van der Waals surface area (Å²) < 4.78 is 43.9. The van der Waals surface area contributed by atoms with Gasteiger partial charge in [-0.2, -0.15) is 4.98 Å². The fraction of sp³-hybridized carbons (Fsp3) is 0.520. The molecular weight excluding hydrogens is 579 g/mol. The Bertz CT molecular complexity index is 1440. The van der Waals surface area contributed by atoms with Crippen LogP contribution in [0.5, 0.6) is 0 Å². The van der Waals surface area contributed by atoms with Gasteiger partial charge in [0.25, 0.3) is 0 Å². The van der Waals surface area contributed by atoms with Gasteiger partial charge in [-0.1, -0.05) is 42.1 Å². The molecule has 2 aliphatic heterocycles. The molecule has 1 aliphatic carbocycles. The van der Waals surface area contributed by atoms with Crippen molar-refractivity contribution in [2.24, 2.45) is 5.41 Å². The highest BCUT2D eigenvalue weighted by molar-refractivity contribution is 8.13. The van der Waals surface area contributed by atoms with Crippen molar-refractivity contribution in [1.82, 2.24) is 14.6 Å². The number of aliphatic hydroxyl groups excluding tert-OH is 1. The van der Waals surface area contributed by atoms with Gasteiger partial charge in [-0.15, -0.1) is 0 Å². The van der Waals surface area contributed by atoms with Gasteiger partial charge in [-0.25, -0.2) is 19.2 Å². The second kappa shape index (κ2) is 10.8. The maximum atomic E-state index is 14.0. The van der Waals surface area contributed by atoms with E-state index in [1.807, 2.05) is 30.3 Å². The van der Waals surface area contributed by atoms with Gasteiger partial charge in [-0.3, -0.25) is 18.4 Å². The molecule has 3 aliphatic rings. The third kappa shape index (κ3) is 5.31. The smallest absolute Gasteiger partial charge is 0.419 e. The summed E-state index contributed by atoms with van der Waals surface area (Å²) in [5.74, 6) is 0.154. The van der Waals surface area contributed by atoms with Gasteiger partial charge >= 0.3 is 19.6 Å². The number of carbonyl (C=O) groups is 2. The Labute approximate surface area is 239 Å². The molecule has 3 fully saturated rings. The molecule has 2 aromatic rings. The summed E-state index contributed by atoms with van der Waals surface area (Å²) in [5, 5.41) is 12.0. The second-order valence-corrected chi connectivity index (χ2v) is 13.5. The van der Waals surface area contributed by atoms with E-state index in [-0.39, 0.29) is 36.4 Å². The number of nitrogens with two attached hydrogens (primary N) is 1. The zero-order valence-electron chi connectivity index (χ0n) is 22.6. The van der Waals surface area contributed by atoms with Gasteiger partial charge in [0.1, 0.15) is 18.0 Å².